The second kappa shape index (κ2) is 9.83. The van der Waals surface area contributed by atoms with Crippen LogP contribution in [0.25, 0.3) is 22.2 Å². The van der Waals surface area contributed by atoms with Crippen LogP contribution < -0.4 is 5.32 Å². The van der Waals surface area contributed by atoms with Crippen LogP contribution in [0.2, 0.25) is 5.02 Å². The molecule has 0 aliphatic heterocycles. The molecule has 0 fully saturated rings. The van der Waals surface area contributed by atoms with Crippen molar-refractivity contribution >= 4 is 39.6 Å². The fourth-order valence-electron chi connectivity index (χ4n) is 4.44. The number of halogens is 1. The van der Waals surface area contributed by atoms with Crippen molar-refractivity contribution in [2.75, 3.05) is 11.9 Å². The van der Waals surface area contributed by atoms with Crippen molar-refractivity contribution in [3.63, 3.8) is 0 Å². The quantitative estimate of drug-likeness (QED) is 0.254. The number of aromatic nitrogens is 6. The minimum absolute atomic E-state index is 0.551. The molecule has 170 valence electrons. The van der Waals surface area contributed by atoms with Crippen LogP contribution in [0.15, 0.2) is 36.3 Å². The Kier molecular flexibility index (Phi) is 6.48. The molecule has 0 saturated carbocycles. The number of rotatable bonds is 8. The normalized spacial score (nSPS) is 14.1. The van der Waals surface area contributed by atoms with Crippen molar-refractivity contribution in [2.24, 2.45) is 0 Å². The van der Waals surface area contributed by atoms with Crippen molar-refractivity contribution in [2.45, 2.75) is 58.3 Å². The largest absolute Gasteiger partial charge is 0.369 e. The summed E-state index contributed by atoms with van der Waals surface area (Å²) in [5.74, 6) is 1.51. The smallest absolute Gasteiger partial charge is 0.178 e. The van der Waals surface area contributed by atoms with Crippen molar-refractivity contribution in [3.8, 4) is 0 Å². The Bertz CT molecular complexity index is 1310. The van der Waals surface area contributed by atoms with E-state index in [2.05, 4.69) is 38.3 Å². The molecule has 0 saturated heterocycles. The van der Waals surface area contributed by atoms with Crippen molar-refractivity contribution in [1.29, 1.82) is 0 Å². The lowest BCUT2D eigenvalue weighted by Crippen LogP contribution is -2.08. The maximum atomic E-state index is 6.69. The van der Waals surface area contributed by atoms with Gasteiger partial charge in [-0.3, -0.25) is 4.98 Å². The van der Waals surface area contributed by atoms with Gasteiger partial charge in [-0.15, -0.1) is 0 Å². The summed E-state index contributed by atoms with van der Waals surface area (Å²) in [5.41, 5.74) is 5.74. The fourth-order valence-corrected chi connectivity index (χ4v) is 4.80. The SMILES string of the molecule is CCc1[nH]c2nc(Cc3cnc4nccnc4c3)nc(NCCCC3=CCCCC3)c2c1Cl. The number of nitrogens with one attached hydrogen (secondary N) is 2. The molecular weight excluding hydrogens is 434 g/mol. The average Bonchev–Trinajstić information content (AvgIpc) is 3.18. The van der Waals surface area contributed by atoms with Gasteiger partial charge in [0.1, 0.15) is 22.8 Å². The Labute approximate surface area is 198 Å². The van der Waals surface area contributed by atoms with E-state index < -0.39 is 0 Å². The van der Waals surface area contributed by atoms with E-state index >= 15 is 0 Å². The van der Waals surface area contributed by atoms with Gasteiger partial charge in [-0.05, 0) is 56.6 Å². The molecule has 0 atom stereocenters. The van der Waals surface area contributed by atoms with Crippen LogP contribution in [0, 0.1) is 0 Å². The molecule has 5 rings (SSSR count). The number of fused-ring (bicyclic) bond motifs is 2. The zero-order chi connectivity index (χ0) is 22.6. The molecule has 33 heavy (non-hydrogen) atoms. The summed E-state index contributed by atoms with van der Waals surface area (Å²) in [5, 5.41) is 5.12. The lowest BCUT2D eigenvalue weighted by Gasteiger charge is -2.13. The van der Waals surface area contributed by atoms with E-state index in [4.69, 9.17) is 21.6 Å². The number of aromatic amines is 1. The number of nitrogens with zero attached hydrogens (tertiary/aromatic N) is 5. The Morgan fingerprint density at radius 1 is 1.12 bits per heavy atom. The molecule has 1 aliphatic carbocycles. The van der Waals surface area contributed by atoms with Crippen LogP contribution in [0.1, 0.15) is 62.5 Å². The van der Waals surface area contributed by atoms with Gasteiger partial charge in [-0.2, -0.15) is 0 Å². The minimum Gasteiger partial charge on any atom is -0.369 e. The third-order valence-corrected chi connectivity index (χ3v) is 6.58. The van der Waals surface area contributed by atoms with Crippen molar-refractivity contribution in [1.82, 2.24) is 29.9 Å². The zero-order valence-corrected chi connectivity index (χ0v) is 19.6. The van der Waals surface area contributed by atoms with Crippen molar-refractivity contribution < 1.29 is 0 Å². The summed E-state index contributed by atoms with van der Waals surface area (Å²) >= 11 is 6.69. The molecule has 0 bridgehead atoms. The second-order valence-corrected chi connectivity index (χ2v) is 8.92. The molecule has 4 aromatic heterocycles. The van der Waals surface area contributed by atoms with E-state index in [1.807, 2.05) is 12.3 Å². The molecule has 0 aromatic carbocycles. The van der Waals surface area contributed by atoms with Gasteiger partial charge in [0.25, 0.3) is 0 Å². The fraction of sp³-hybridized carbons (Fsp3) is 0.400. The van der Waals surface area contributed by atoms with E-state index in [1.54, 1.807) is 18.0 Å². The zero-order valence-electron chi connectivity index (χ0n) is 18.9. The first-order chi connectivity index (χ1) is 16.2. The topological polar surface area (TPSA) is 92.3 Å². The van der Waals surface area contributed by atoms with E-state index in [1.165, 1.54) is 25.7 Å². The highest BCUT2D eigenvalue weighted by Gasteiger charge is 2.17. The third-order valence-electron chi connectivity index (χ3n) is 6.16. The summed E-state index contributed by atoms with van der Waals surface area (Å²) in [7, 11) is 0. The Morgan fingerprint density at radius 2 is 2.03 bits per heavy atom. The third kappa shape index (κ3) is 4.83. The Balaban J connectivity index is 1.39. The first-order valence-electron chi connectivity index (χ1n) is 11.8. The highest BCUT2D eigenvalue weighted by Crippen LogP contribution is 2.32. The summed E-state index contributed by atoms with van der Waals surface area (Å²) in [4.78, 5) is 26.0. The highest BCUT2D eigenvalue weighted by atomic mass is 35.5. The summed E-state index contributed by atoms with van der Waals surface area (Å²) in [6, 6.07) is 1.99. The monoisotopic (exact) mass is 461 g/mol. The van der Waals surface area contributed by atoms with Crippen LogP contribution in [0.3, 0.4) is 0 Å². The summed E-state index contributed by atoms with van der Waals surface area (Å²) < 4.78 is 0. The van der Waals surface area contributed by atoms with Gasteiger partial charge < -0.3 is 10.3 Å². The molecule has 0 amide bonds. The predicted molar refractivity (Wildman–Crippen MR) is 133 cm³/mol. The first-order valence-corrected chi connectivity index (χ1v) is 12.1. The number of H-pyrrole nitrogens is 1. The molecule has 1 aliphatic rings. The second-order valence-electron chi connectivity index (χ2n) is 8.54. The molecule has 0 unspecified atom stereocenters. The lowest BCUT2D eigenvalue weighted by molar-refractivity contribution is 0.665. The van der Waals surface area contributed by atoms with Gasteiger partial charge >= 0.3 is 0 Å². The Morgan fingerprint density at radius 3 is 2.88 bits per heavy atom. The summed E-state index contributed by atoms with van der Waals surface area (Å²) in [6.45, 7) is 2.93. The molecule has 0 radical (unpaired) electrons. The van der Waals surface area contributed by atoms with Gasteiger partial charge in [0.05, 0.1) is 10.4 Å². The first kappa shape index (κ1) is 21.8. The minimum atomic E-state index is 0.551. The molecular formula is C25H28ClN7. The Hall–Kier alpha value is -3.06. The van der Waals surface area contributed by atoms with E-state index in [0.29, 0.717) is 22.9 Å². The van der Waals surface area contributed by atoms with Crippen LogP contribution in [-0.4, -0.2) is 36.4 Å². The van der Waals surface area contributed by atoms with Crippen LogP contribution in [0.5, 0.6) is 0 Å². The molecule has 8 heteroatoms. The van der Waals surface area contributed by atoms with Gasteiger partial charge in [0.2, 0.25) is 0 Å². The van der Waals surface area contributed by atoms with Crippen molar-refractivity contribution in [3.05, 3.63) is 58.4 Å². The van der Waals surface area contributed by atoms with Gasteiger partial charge in [-0.1, -0.05) is 30.2 Å². The van der Waals surface area contributed by atoms with E-state index in [-0.39, 0.29) is 0 Å². The summed E-state index contributed by atoms with van der Waals surface area (Å²) in [6.07, 6.45) is 16.3. The lowest BCUT2D eigenvalue weighted by atomic mass is 9.96. The molecule has 7 nitrogen and oxygen atoms in total. The van der Waals surface area contributed by atoms with Crippen LogP contribution in [-0.2, 0) is 12.8 Å². The molecule has 2 N–H and O–H groups in total. The highest BCUT2D eigenvalue weighted by molar-refractivity contribution is 6.37. The maximum Gasteiger partial charge on any atom is 0.178 e. The van der Waals surface area contributed by atoms with Gasteiger partial charge in [0.15, 0.2) is 5.65 Å². The number of aryl methyl sites for hydroxylation is 1. The number of hydrogen-bond acceptors (Lipinski definition) is 6. The maximum absolute atomic E-state index is 6.69. The number of hydrogen-bond donors (Lipinski definition) is 2. The molecule has 4 heterocycles. The van der Waals surface area contributed by atoms with Gasteiger partial charge in [-0.25, -0.2) is 19.9 Å². The van der Waals surface area contributed by atoms with E-state index in [9.17, 15) is 0 Å². The van der Waals surface area contributed by atoms with Crippen LogP contribution in [0.4, 0.5) is 5.82 Å². The number of pyridine rings is 1. The molecule has 4 aromatic rings. The van der Waals surface area contributed by atoms with Gasteiger partial charge in [0, 0.05) is 37.3 Å². The number of anilines is 1. The number of allylic oxidation sites excluding steroid dienone is 2. The predicted octanol–water partition coefficient (Wildman–Crippen LogP) is 5.80. The standard InChI is InChI=1S/C25H28ClN7/c1-2-18-22(26)21-24(28-10-6-9-16-7-4-3-5-8-16)32-20(33-25(21)31-18)14-17-13-19-23(30-15-17)29-12-11-27-19/h7,11-13,15H,2-6,8-10,14H2,1H3,(H2,28,31,32,33). The average molecular weight is 462 g/mol. The van der Waals surface area contributed by atoms with Crippen LogP contribution >= 0.6 is 11.6 Å². The molecule has 0 spiro atoms. The van der Waals surface area contributed by atoms with E-state index in [0.717, 1.165) is 59.4 Å².